The number of hydrogen-bond acceptors (Lipinski definition) is 3. The van der Waals surface area contributed by atoms with E-state index in [9.17, 15) is 0 Å². The summed E-state index contributed by atoms with van der Waals surface area (Å²) >= 11 is 6.10. The Labute approximate surface area is 107 Å². The Bertz CT molecular complexity index is 382. The van der Waals surface area contributed by atoms with Crippen molar-refractivity contribution in [3.8, 4) is 0 Å². The number of hydrogen-bond donors (Lipinski definition) is 2. The second-order valence-electron chi connectivity index (χ2n) is 3.80. The van der Waals surface area contributed by atoms with Crippen molar-refractivity contribution in [3.63, 3.8) is 0 Å². The smallest absolute Gasteiger partial charge is 0.140 e. The first kappa shape index (κ1) is 13.8. The first-order chi connectivity index (χ1) is 8.17. The summed E-state index contributed by atoms with van der Waals surface area (Å²) in [6.45, 7) is 4.49. The van der Waals surface area contributed by atoms with E-state index in [2.05, 4.69) is 17.0 Å². The molecule has 0 bridgehead atoms. The third-order valence-electron chi connectivity index (χ3n) is 2.61. The Morgan fingerprint density at radius 3 is 2.76 bits per heavy atom. The topological polar surface area (TPSA) is 61.8 Å². The van der Waals surface area contributed by atoms with Crippen LogP contribution in [0, 0.1) is 0 Å². The zero-order valence-corrected chi connectivity index (χ0v) is 10.7. The average molecular weight is 256 g/mol. The summed E-state index contributed by atoms with van der Waals surface area (Å²) in [4.78, 5) is 2.19. The quantitative estimate of drug-likeness (QED) is 0.355. The molecule has 1 aromatic carbocycles. The van der Waals surface area contributed by atoms with Crippen LogP contribution in [0.5, 0.6) is 0 Å². The molecule has 0 saturated carbocycles. The van der Waals surface area contributed by atoms with Gasteiger partial charge in [0.25, 0.3) is 0 Å². The molecule has 0 aliphatic heterocycles. The van der Waals surface area contributed by atoms with Gasteiger partial charge in [-0.05, 0) is 18.2 Å². The lowest BCUT2D eigenvalue weighted by Gasteiger charge is -2.20. The molecule has 0 radical (unpaired) electrons. The van der Waals surface area contributed by atoms with Gasteiger partial charge in [0.15, 0.2) is 0 Å². The first-order valence-corrected chi connectivity index (χ1v) is 5.97. The van der Waals surface area contributed by atoms with Gasteiger partial charge in [-0.25, -0.2) is 0 Å². The molecule has 1 rings (SSSR count). The maximum atomic E-state index is 8.48. The fourth-order valence-corrected chi connectivity index (χ4v) is 1.73. The van der Waals surface area contributed by atoms with Crippen LogP contribution in [0.25, 0.3) is 0 Å². The van der Waals surface area contributed by atoms with E-state index in [1.54, 1.807) is 0 Å². The van der Waals surface area contributed by atoms with Gasteiger partial charge < -0.3 is 10.9 Å². The van der Waals surface area contributed by atoms with Crippen molar-refractivity contribution in [3.05, 3.63) is 34.9 Å². The molecule has 0 spiro atoms. The van der Waals surface area contributed by atoms with Gasteiger partial charge in [-0.2, -0.15) is 0 Å². The number of oxime groups is 1. The average Bonchev–Trinajstić information content (AvgIpc) is 2.36. The van der Waals surface area contributed by atoms with Gasteiger partial charge in [-0.1, -0.05) is 41.9 Å². The van der Waals surface area contributed by atoms with Crippen LogP contribution < -0.4 is 5.73 Å². The lowest BCUT2D eigenvalue weighted by molar-refractivity contribution is 0.283. The summed E-state index contributed by atoms with van der Waals surface area (Å²) in [5.74, 6) is 0.252. The predicted octanol–water partition coefficient (Wildman–Crippen LogP) is 2.30. The van der Waals surface area contributed by atoms with Gasteiger partial charge in [0.05, 0.1) is 0 Å². The van der Waals surface area contributed by atoms with Gasteiger partial charge >= 0.3 is 0 Å². The maximum Gasteiger partial charge on any atom is 0.140 e. The molecule has 0 atom stereocenters. The maximum absolute atomic E-state index is 8.48. The van der Waals surface area contributed by atoms with E-state index in [0.717, 1.165) is 30.2 Å². The minimum Gasteiger partial charge on any atom is -0.409 e. The molecule has 0 amide bonds. The van der Waals surface area contributed by atoms with Crippen molar-refractivity contribution in [2.24, 2.45) is 10.9 Å². The fraction of sp³-hybridized carbons (Fsp3) is 0.417. The Morgan fingerprint density at radius 1 is 1.47 bits per heavy atom. The monoisotopic (exact) mass is 255 g/mol. The van der Waals surface area contributed by atoms with Gasteiger partial charge in [0.1, 0.15) is 5.84 Å². The van der Waals surface area contributed by atoms with Crippen molar-refractivity contribution >= 4 is 17.4 Å². The number of benzene rings is 1. The standard InChI is InChI=1S/C12H18ClN3O/c1-2-16(8-7-12(14)15-17)9-10-5-3-4-6-11(10)13/h3-6,17H,2,7-9H2,1H3,(H2,14,15). The molecule has 0 unspecified atom stereocenters. The molecular formula is C12H18ClN3O. The SMILES string of the molecule is CCN(CCC(N)=NO)Cc1ccccc1Cl. The Hall–Kier alpha value is -1.26. The van der Waals surface area contributed by atoms with E-state index < -0.39 is 0 Å². The van der Waals surface area contributed by atoms with E-state index in [-0.39, 0.29) is 5.84 Å². The minimum absolute atomic E-state index is 0.252. The van der Waals surface area contributed by atoms with Crippen LogP contribution in [0.1, 0.15) is 18.9 Å². The van der Waals surface area contributed by atoms with E-state index in [0.29, 0.717) is 6.42 Å². The van der Waals surface area contributed by atoms with Crippen molar-refractivity contribution in [2.75, 3.05) is 13.1 Å². The zero-order chi connectivity index (χ0) is 12.7. The Balaban J connectivity index is 2.55. The third kappa shape index (κ3) is 4.63. The van der Waals surface area contributed by atoms with Crippen molar-refractivity contribution in [1.29, 1.82) is 0 Å². The zero-order valence-electron chi connectivity index (χ0n) is 9.93. The van der Waals surface area contributed by atoms with Gasteiger partial charge in [-0.3, -0.25) is 4.90 Å². The highest BCUT2D eigenvalue weighted by Gasteiger charge is 2.07. The lowest BCUT2D eigenvalue weighted by Crippen LogP contribution is -2.27. The molecule has 5 heteroatoms. The van der Waals surface area contributed by atoms with Crippen LogP contribution in [0.2, 0.25) is 5.02 Å². The van der Waals surface area contributed by atoms with Crippen LogP contribution in [0.15, 0.2) is 29.4 Å². The van der Waals surface area contributed by atoms with E-state index in [1.165, 1.54) is 0 Å². The van der Waals surface area contributed by atoms with Crippen LogP contribution in [0.4, 0.5) is 0 Å². The lowest BCUT2D eigenvalue weighted by atomic mass is 10.2. The highest BCUT2D eigenvalue weighted by molar-refractivity contribution is 6.31. The van der Waals surface area contributed by atoms with E-state index in [1.807, 2.05) is 24.3 Å². The predicted molar refractivity (Wildman–Crippen MR) is 70.4 cm³/mol. The molecule has 0 heterocycles. The molecule has 0 aliphatic carbocycles. The number of rotatable bonds is 6. The molecule has 0 saturated heterocycles. The van der Waals surface area contributed by atoms with Gasteiger partial charge in [0.2, 0.25) is 0 Å². The van der Waals surface area contributed by atoms with Crippen LogP contribution in [-0.2, 0) is 6.54 Å². The van der Waals surface area contributed by atoms with Crippen molar-refractivity contribution < 1.29 is 5.21 Å². The van der Waals surface area contributed by atoms with Gasteiger partial charge in [0, 0.05) is 24.5 Å². The summed E-state index contributed by atoms with van der Waals surface area (Å²) < 4.78 is 0. The summed E-state index contributed by atoms with van der Waals surface area (Å²) in [7, 11) is 0. The van der Waals surface area contributed by atoms with Gasteiger partial charge in [-0.15, -0.1) is 0 Å². The largest absolute Gasteiger partial charge is 0.409 e. The molecule has 1 aromatic rings. The number of halogens is 1. The number of nitrogens with two attached hydrogens (primary N) is 1. The van der Waals surface area contributed by atoms with Crippen molar-refractivity contribution in [2.45, 2.75) is 19.9 Å². The minimum atomic E-state index is 0.252. The molecule has 0 aromatic heterocycles. The number of amidine groups is 1. The summed E-state index contributed by atoms with van der Waals surface area (Å²) in [5.41, 5.74) is 6.54. The molecule has 0 aliphatic rings. The highest BCUT2D eigenvalue weighted by atomic mass is 35.5. The van der Waals surface area contributed by atoms with Crippen LogP contribution in [0.3, 0.4) is 0 Å². The van der Waals surface area contributed by atoms with E-state index >= 15 is 0 Å². The Morgan fingerprint density at radius 2 is 2.18 bits per heavy atom. The normalized spacial score (nSPS) is 12.1. The second-order valence-corrected chi connectivity index (χ2v) is 4.21. The van der Waals surface area contributed by atoms with E-state index in [4.69, 9.17) is 22.5 Å². The summed E-state index contributed by atoms with van der Waals surface area (Å²) in [6, 6.07) is 7.78. The Kier molecular flexibility index (Phi) is 5.80. The van der Waals surface area contributed by atoms with Crippen LogP contribution >= 0.6 is 11.6 Å². The molecule has 3 N–H and O–H groups in total. The second kappa shape index (κ2) is 7.14. The summed E-state index contributed by atoms with van der Waals surface area (Å²) in [5, 5.41) is 12.2. The fourth-order valence-electron chi connectivity index (χ4n) is 1.54. The molecule has 0 fully saturated rings. The molecule has 4 nitrogen and oxygen atoms in total. The molecule has 94 valence electrons. The third-order valence-corrected chi connectivity index (χ3v) is 2.98. The highest BCUT2D eigenvalue weighted by Crippen LogP contribution is 2.16. The summed E-state index contributed by atoms with van der Waals surface area (Å²) in [6.07, 6.45) is 0.550. The van der Waals surface area contributed by atoms with Crippen LogP contribution in [-0.4, -0.2) is 29.0 Å². The first-order valence-electron chi connectivity index (χ1n) is 5.59. The van der Waals surface area contributed by atoms with Crippen molar-refractivity contribution in [1.82, 2.24) is 4.90 Å². The number of nitrogens with zero attached hydrogens (tertiary/aromatic N) is 2. The molecular weight excluding hydrogens is 238 g/mol. The molecule has 17 heavy (non-hydrogen) atoms.